The summed E-state index contributed by atoms with van der Waals surface area (Å²) in [6.07, 6.45) is 9.48. The van der Waals surface area contributed by atoms with Crippen LogP contribution >= 0.6 is 0 Å². The van der Waals surface area contributed by atoms with Crippen LogP contribution in [0, 0.1) is 17.8 Å². The highest BCUT2D eigenvalue weighted by molar-refractivity contribution is 5.74. The third-order valence-electron chi connectivity index (χ3n) is 4.99. The number of carbonyl (C=O) groups is 2. The monoisotopic (exact) mass is 292 g/mol. The van der Waals surface area contributed by atoms with Crippen molar-refractivity contribution < 1.29 is 19.1 Å². The Hall–Kier alpha value is -1.32. The first-order valence-corrected chi connectivity index (χ1v) is 8.25. The predicted octanol–water partition coefficient (Wildman–Crippen LogP) is 3.01. The van der Waals surface area contributed by atoms with Crippen LogP contribution in [0.1, 0.15) is 51.9 Å². The maximum Gasteiger partial charge on any atom is 0.309 e. The van der Waals surface area contributed by atoms with E-state index in [-0.39, 0.29) is 30.1 Å². The lowest BCUT2D eigenvalue weighted by Crippen LogP contribution is -2.36. The molecule has 5 atom stereocenters. The Morgan fingerprint density at radius 3 is 2.90 bits per heavy atom. The second-order valence-corrected chi connectivity index (χ2v) is 6.57. The summed E-state index contributed by atoms with van der Waals surface area (Å²) in [7, 11) is 0. The van der Waals surface area contributed by atoms with Gasteiger partial charge in [-0.25, -0.2) is 0 Å². The number of hydrogen-bond donors (Lipinski definition) is 0. The fourth-order valence-electron chi connectivity index (χ4n) is 3.89. The second kappa shape index (κ2) is 6.20. The van der Waals surface area contributed by atoms with Gasteiger partial charge in [-0.05, 0) is 43.9 Å². The van der Waals surface area contributed by atoms with E-state index >= 15 is 0 Å². The molecule has 0 aromatic carbocycles. The zero-order valence-corrected chi connectivity index (χ0v) is 12.6. The molecule has 1 saturated carbocycles. The van der Waals surface area contributed by atoms with Crippen LogP contribution in [0.4, 0.5) is 0 Å². The molecule has 1 aliphatic heterocycles. The van der Waals surface area contributed by atoms with Gasteiger partial charge in [0, 0.05) is 6.42 Å². The average Bonchev–Trinajstić information content (AvgIpc) is 3.04. The SMILES string of the molecule is CCCC1OC(=O)CCCC1OC(=O)C1CC2C=CC1C2. The van der Waals surface area contributed by atoms with Gasteiger partial charge in [-0.2, -0.15) is 0 Å². The van der Waals surface area contributed by atoms with E-state index in [1.165, 1.54) is 0 Å². The molecule has 3 aliphatic rings. The number of esters is 2. The predicted molar refractivity (Wildman–Crippen MR) is 77.4 cm³/mol. The van der Waals surface area contributed by atoms with E-state index in [0.717, 1.165) is 38.5 Å². The van der Waals surface area contributed by atoms with E-state index < -0.39 is 0 Å². The summed E-state index contributed by atoms with van der Waals surface area (Å²) in [6, 6.07) is 0. The lowest BCUT2D eigenvalue weighted by Gasteiger charge is -2.26. The van der Waals surface area contributed by atoms with Crippen molar-refractivity contribution in [3.63, 3.8) is 0 Å². The van der Waals surface area contributed by atoms with Gasteiger partial charge in [0.1, 0.15) is 12.2 Å². The number of fused-ring (bicyclic) bond motifs is 2. The summed E-state index contributed by atoms with van der Waals surface area (Å²) in [4.78, 5) is 24.0. The Morgan fingerprint density at radius 2 is 2.24 bits per heavy atom. The molecule has 1 saturated heterocycles. The zero-order chi connectivity index (χ0) is 14.8. The smallest absolute Gasteiger partial charge is 0.309 e. The van der Waals surface area contributed by atoms with Crippen molar-refractivity contribution in [2.45, 2.75) is 64.1 Å². The van der Waals surface area contributed by atoms with Crippen LogP contribution in [-0.4, -0.2) is 24.1 Å². The quantitative estimate of drug-likeness (QED) is 0.590. The van der Waals surface area contributed by atoms with Crippen LogP contribution in [0.25, 0.3) is 0 Å². The highest BCUT2D eigenvalue weighted by Crippen LogP contribution is 2.44. The maximum atomic E-state index is 12.5. The van der Waals surface area contributed by atoms with Crippen molar-refractivity contribution in [1.29, 1.82) is 0 Å². The molecule has 0 N–H and O–H groups in total. The number of ether oxygens (including phenoxy) is 2. The van der Waals surface area contributed by atoms with Gasteiger partial charge in [0.05, 0.1) is 5.92 Å². The molecule has 0 amide bonds. The molecular weight excluding hydrogens is 268 g/mol. The molecule has 4 heteroatoms. The highest BCUT2D eigenvalue weighted by Gasteiger charge is 2.42. The minimum atomic E-state index is -0.261. The van der Waals surface area contributed by atoms with E-state index in [1.54, 1.807) is 0 Å². The lowest BCUT2D eigenvalue weighted by atomic mass is 9.93. The Kier molecular flexibility index (Phi) is 4.32. The zero-order valence-electron chi connectivity index (χ0n) is 12.6. The van der Waals surface area contributed by atoms with Gasteiger partial charge < -0.3 is 9.47 Å². The Labute approximate surface area is 125 Å². The van der Waals surface area contributed by atoms with E-state index in [1.807, 2.05) is 0 Å². The van der Waals surface area contributed by atoms with Crippen molar-refractivity contribution in [3.05, 3.63) is 12.2 Å². The van der Waals surface area contributed by atoms with E-state index in [4.69, 9.17) is 9.47 Å². The maximum absolute atomic E-state index is 12.5. The molecule has 0 aromatic rings. The first-order chi connectivity index (χ1) is 10.2. The van der Waals surface area contributed by atoms with Crippen LogP contribution in [0.3, 0.4) is 0 Å². The third-order valence-corrected chi connectivity index (χ3v) is 4.99. The van der Waals surface area contributed by atoms with Gasteiger partial charge in [0.25, 0.3) is 0 Å². The van der Waals surface area contributed by atoms with Gasteiger partial charge in [-0.15, -0.1) is 0 Å². The van der Waals surface area contributed by atoms with Crippen molar-refractivity contribution in [2.75, 3.05) is 0 Å². The van der Waals surface area contributed by atoms with Gasteiger partial charge in [-0.3, -0.25) is 9.59 Å². The number of cyclic esters (lactones) is 1. The van der Waals surface area contributed by atoms with Crippen molar-refractivity contribution in [2.24, 2.45) is 17.8 Å². The van der Waals surface area contributed by atoms with E-state index in [2.05, 4.69) is 19.1 Å². The summed E-state index contributed by atoms with van der Waals surface area (Å²) < 4.78 is 11.2. The Morgan fingerprint density at radius 1 is 1.38 bits per heavy atom. The van der Waals surface area contributed by atoms with Crippen molar-refractivity contribution >= 4 is 11.9 Å². The minimum absolute atomic E-state index is 0.0150. The van der Waals surface area contributed by atoms with Gasteiger partial charge in [0.2, 0.25) is 0 Å². The Bertz CT molecular complexity index is 442. The number of hydrogen-bond acceptors (Lipinski definition) is 4. The molecule has 2 fully saturated rings. The van der Waals surface area contributed by atoms with Crippen LogP contribution in [0.5, 0.6) is 0 Å². The van der Waals surface area contributed by atoms with Crippen LogP contribution in [0.15, 0.2) is 12.2 Å². The summed E-state index contributed by atoms with van der Waals surface area (Å²) in [5.41, 5.74) is 0. The van der Waals surface area contributed by atoms with Crippen LogP contribution in [-0.2, 0) is 19.1 Å². The molecule has 0 radical (unpaired) electrons. The summed E-state index contributed by atoms with van der Waals surface area (Å²) in [5, 5.41) is 0. The molecule has 21 heavy (non-hydrogen) atoms. The van der Waals surface area contributed by atoms with Gasteiger partial charge >= 0.3 is 11.9 Å². The lowest BCUT2D eigenvalue weighted by molar-refractivity contribution is -0.169. The summed E-state index contributed by atoms with van der Waals surface area (Å²) in [5.74, 6) is 0.693. The molecule has 2 aliphatic carbocycles. The number of rotatable bonds is 4. The molecule has 1 heterocycles. The highest BCUT2D eigenvalue weighted by atomic mass is 16.6. The van der Waals surface area contributed by atoms with E-state index in [9.17, 15) is 9.59 Å². The molecule has 116 valence electrons. The number of allylic oxidation sites excluding steroid dienone is 2. The van der Waals surface area contributed by atoms with Crippen molar-refractivity contribution in [3.8, 4) is 0 Å². The largest absolute Gasteiger partial charge is 0.458 e. The normalized spacial score (nSPS) is 38.1. The molecule has 0 aromatic heterocycles. The van der Waals surface area contributed by atoms with Gasteiger partial charge in [-0.1, -0.05) is 25.5 Å². The van der Waals surface area contributed by atoms with Crippen molar-refractivity contribution in [1.82, 2.24) is 0 Å². The van der Waals surface area contributed by atoms with Gasteiger partial charge in [0.15, 0.2) is 0 Å². The summed E-state index contributed by atoms with van der Waals surface area (Å²) in [6.45, 7) is 2.05. The molecule has 3 rings (SSSR count). The van der Waals surface area contributed by atoms with Crippen LogP contribution in [0.2, 0.25) is 0 Å². The topological polar surface area (TPSA) is 52.6 Å². The first kappa shape index (κ1) is 14.6. The molecule has 2 bridgehead atoms. The third kappa shape index (κ3) is 3.14. The molecule has 5 unspecified atom stereocenters. The Balaban J connectivity index is 1.62. The fourth-order valence-corrected chi connectivity index (χ4v) is 3.89. The fraction of sp³-hybridized carbons (Fsp3) is 0.765. The first-order valence-electron chi connectivity index (χ1n) is 8.25. The molecule has 4 nitrogen and oxygen atoms in total. The molecular formula is C17H24O4. The van der Waals surface area contributed by atoms with Crippen LogP contribution < -0.4 is 0 Å². The molecule has 0 spiro atoms. The average molecular weight is 292 g/mol. The second-order valence-electron chi connectivity index (χ2n) is 6.57. The number of carbonyl (C=O) groups excluding carboxylic acids is 2. The summed E-state index contributed by atoms with van der Waals surface area (Å²) >= 11 is 0. The van der Waals surface area contributed by atoms with E-state index in [0.29, 0.717) is 18.3 Å². The minimum Gasteiger partial charge on any atom is -0.458 e. The standard InChI is InChI=1S/C17H24O4/c1-2-4-14-15(5-3-6-16(18)20-14)21-17(19)13-10-11-7-8-12(13)9-11/h7-8,11-15H,2-6,9-10H2,1H3.